The highest BCUT2D eigenvalue weighted by molar-refractivity contribution is 9.10. The van der Waals surface area contributed by atoms with Crippen molar-refractivity contribution >= 4 is 38.3 Å². The normalized spacial score (nSPS) is 10.6. The van der Waals surface area contributed by atoms with Crippen molar-refractivity contribution in [1.29, 1.82) is 0 Å². The maximum atomic E-state index is 6.11. The third kappa shape index (κ3) is 2.57. The Balaban J connectivity index is 2.06. The zero-order chi connectivity index (χ0) is 13.2. The second-order valence-electron chi connectivity index (χ2n) is 4.02. The molecule has 94 valence electrons. The summed E-state index contributed by atoms with van der Waals surface area (Å²) in [5, 5.41) is 2.63. The lowest BCUT2D eigenvalue weighted by Crippen LogP contribution is -1.90. The van der Waals surface area contributed by atoms with Crippen molar-refractivity contribution in [3.8, 4) is 11.6 Å². The van der Waals surface area contributed by atoms with E-state index in [2.05, 4.69) is 20.9 Å². The molecule has 3 rings (SSSR count). The largest absolute Gasteiger partial charge is 0.437 e. The number of hydrogen-bond donors (Lipinski definition) is 0. The summed E-state index contributed by atoms with van der Waals surface area (Å²) in [7, 11) is 0. The fourth-order valence-electron chi connectivity index (χ4n) is 1.87. The smallest absolute Gasteiger partial charge is 0.238 e. The molecule has 0 amide bonds. The lowest BCUT2D eigenvalue weighted by atomic mass is 10.1. The molecule has 4 heteroatoms. The van der Waals surface area contributed by atoms with E-state index in [4.69, 9.17) is 16.3 Å². The van der Waals surface area contributed by atoms with Gasteiger partial charge in [0.25, 0.3) is 0 Å². The van der Waals surface area contributed by atoms with Crippen molar-refractivity contribution in [2.75, 3.05) is 0 Å². The fraction of sp³-hybridized carbons (Fsp3) is 0. The van der Waals surface area contributed by atoms with Gasteiger partial charge in [-0.2, -0.15) is 0 Å². The monoisotopic (exact) mass is 333 g/mol. The van der Waals surface area contributed by atoms with Crippen LogP contribution in [0.3, 0.4) is 0 Å². The van der Waals surface area contributed by atoms with Gasteiger partial charge >= 0.3 is 0 Å². The van der Waals surface area contributed by atoms with Crippen LogP contribution in [-0.4, -0.2) is 4.98 Å². The minimum Gasteiger partial charge on any atom is -0.437 e. The molecule has 0 saturated heterocycles. The Kier molecular flexibility index (Phi) is 3.40. The van der Waals surface area contributed by atoms with Gasteiger partial charge < -0.3 is 4.74 Å². The molecule has 0 aliphatic rings. The van der Waals surface area contributed by atoms with Crippen LogP contribution in [0.1, 0.15) is 0 Å². The van der Waals surface area contributed by atoms with Crippen molar-refractivity contribution in [2.45, 2.75) is 0 Å². The number of benzene rings is 2. The van der Waals surface area contributed by atoms with Gasteiger partial charge in [-0.15, -0.1) is 0 Å². The van der Waals surface area contributed by atoms with E-state index in [1.165, 1.54) is 0 Å². The fourth-order valence-corrected chi connectivity index (χ4v) is 2.53. The molecule has 0 fully saturated rings. The molecule has 2 aromatic carbocycles. The molecule has 0 bridgehead atoms. The van der Waals surface area contributed by atoms with Gasteiger partial charge in [-0.05, 0) is 33.4 Å². The number of nitrogens with zero attached hydrogens (tertiary/aromatic N) is 1. The van der Waals surface area contributed by atoms with Gasteiger partial charge in [0, 0.05) is 16.1 Å². The Labute approximate surface area is 124 Å². The SMILES string of the molecule is Clc1cc(Br)cnc1Oc1cccc2ccccc12. The molecular weight excluding hydrogens is 326 g/mol. The molecule has 0 saturated carbocycles. The van der Waals surface area contributed by atoms with E-state index in [1.807, 2.05) is 42.5 Å². The molecule has 0 spiro atoms. The van der Waals surface area contributed by atoms with E-state index in [9.17, 15) is 0 Å². The Morgan fingerprint density at radius 2 is 1.84 bits per heavy atom. The summed E-state index contributed by atoms with van der Waals surface area (Å²) in [4.78, 5) is 4.18. The van der Waals surface area contributed by atoms with E-state index in [0.717, 1.165) is 21.0 Å². The molecule has 1 heterocycles. The summed E-state index contributed by atoms with van der Waals surface area (Å²) in [5.41, 5.74) is 0. The maximum absolute atomic E-state index is 6.11. The lowest BCUT2D eigenvalue weighted by Gasteiger charge is -2.09. The van der Waals surface area contributed by atoms with E-state index in [-0.39, 0.29) is 0 Å². The Hall–Kier alpha value is -1.58. The first-order chi connectivity index (χ1) is 9.24. The topological polar surface area (TPSA) is 22.1 Å². The van der Waals surface area contributed by atoms with E-state index < -0.39 is 0 Å². The molecule has 0 atom stereocenters. The third-order valence-corrected chi connectivity index (χ3v) is 3.43. The predicted octanol–water partition coefficient (Wildman–Crippen LogP) is 5.44. The minimum atomic E-state index is 0.404. The molecular formula is C15H9BrClNO. The van der Waals surface area contributed by atoms with Gasteiger partial charge in [0.15, 0.2) is 0 Å². The maximum Gasteiger partial charge on any atom is 0.238 e. The number of fused-ring (bicyclic) bond motifs is 1. The van der Waals surface area contributed by atoms with Gasteiger partial charge in [0.1, 0.15) is 10.8 Å². The first-order valence-corrected chi connectivity index (χ1v) is 6.88. The summed E-state index contributed by atoms with van der Waals surface area (Å²) in [6.45, 7) is 0. The molecule has 3 aromatic rings. The molecule has 0 aliphatic carbocycles. The van der Waals surface area contributed by atoms with Gasteiger partial charge in [-0.3, -0.25) is 0 Å². The molecule has 0 radical (unpaired) electrons. The van der Waals surface area contributed by atoms with Crippen LogP contribution in [0.2, 0.25) is 5.02 Å². The average molecular weight is 335 g/mol. The summed E-state index contributed by atoms with van der Waals surface area (Å²) < 4.78 is 6.64. The number of rotatable bonds is 2. The van der Waals surface area contributed by atoms with Crippen LogP contribution in [0, 0.1) is 0 Å². The Bertz CT molecular complexity index is 740. The van der Waals surface area contributed by atoms with Crippen LogP contribution in [0.4, 0.5) is 0 Å². The van der Waals surface area contributed by atoms with Gasteiger partial charge in [0.05, 0.1) is 0 Å². The molecule has 0 aliphatic heterocycles. The number of ether oxygens (including phenoxy) is 1. The highest BCUT2D eigenvalue weighted by atomic mass is 79.9. The quantitative estimate of drug-likeness (QED) is 0.622. The molecule has 2 nitrogen and oxygen atoms in total. The molecule has 1 aromatic heterocycles. The van der Waals surface area contributed by atoms with Gasteiger partial charge in [0.2, 0.25) is 5.88 Å². The van der Waals surface area contributed by atoms with E-state index in [1.54, 1.807) is 12.3 Å². The highest BCUT2D eigenvalue weighted by Gasteiger charge is 2.08. The highest BCUT2D eigenvalue weighted by Crippen LogP contribution is 2.33. The number of aromatic nitrogens is 1. The molecule has 19 heavy (non-hydrogen) atoms. The predicted molar refractivity (Wildman–Crippen MR) is 81.0 cm³/mol. The average Bonchev–Trinajstić information content (AvgIpc) is 2.42. The third-order valence-electron chi connectivity index (χ3n) is 2.73. The van der Waals surface area contributed by atoms with Crippen molar-refractivity contribution in [3.05, 3.63) is 64.2 Å². The van der Waals surface area contributed by atoms with E-state index in [0.29, 0.717) is 10.9 Å². The van der Waals surface area contributed by atoms with E-state index >= 15 is 0 Å². The van der Waals surface area contributed by atoms with Crippen molar-refractivity contribution in [2.24, 2.45) is 0 Å². The van der Waals surface area contributed by atoms with Crippen LogP contribution in [0.25, 0.3) is 10.8 Å². The van der Waals surface area contributed by atoms with Crippen LogP contribution in [0.15, 0.2) is 59.2 Å². The van der Waals surface area contributed by atoms with Crippen molar-refractivity contribution in [3.63, 3.8) is 0 Å². The van der Waals surface area contributed by atoms with Crippen LogP contribution < -0.4 is 4.74 Å². The van der Waals surface area contributed by atoms with Crippen molar-refractivity contribution in [1.82, 2.24) is 4.98 Å². The summed E-state index contributed by atoms with van der Waals surface area (Å²) >= 11 is 9.43. The second-order valence-corrected chi connectivity index (χ2v) is 5.34. The number of pyridine rings is 1. The zero-order valence-corrected chi connectivity index (χ0v) is 12.1. The number of halogens is 2. The first-order valence-electron chi connectivity index (χ1n) is 5.71. The summed E-state index contributed by atoms with van der Waals surface area (Å²) in [6, 6.07) is 15.7. The van der Waals surface area contributed by atoms with Crippen LogP contribution >= 0.6 is 27.5 Å². The Morgan fingerprint density at radius 3 is 2.68 bits per heavy atom. The van der Waals surface area contributed by atoms with Crippen LogP contribution in [0.5, 0.6) is 11.6 Å². The standard InChI is InChI=1S/C15H9BrClNO/c16-11-8-13(17)15(18-9-11)19-14-7-3-5-10-4-1-2-6-12(10)14/h1-9H. The minimum absolute atomic E-state index is 0.404. The zero-order valence-electron chi connectivity index (χ0n) is 9.81. The number of hydrogen-bond acceptors (Lipinski definition) is 2. The molecule has 0 unspecified atom stereocenters. The Morgan fingerprint density at radius 1 is 1.05 bits per heavy atom. The first kappa shape index (κ1) is 12.5. The van der Waals surface area contributed by atoms with Crippen molar-refractivity contribution < 1.29 is 4.74 Å². The summed E-state index contributed by atoms with van der Waals surface area (Å²) in [6.07, 6.45) is 1.66. The molecule has 0 N–H and O–H groups in total. The lowest BCUT2D eigenvalue weighted by molar-refractivity contribution is 0.468. The van der Waals surface area contributed by atoms with Gasteiger partial charge in [-0.25, -0.2) is 4.98 Å². The summed E-state index contributed by atoms with van der Waals surface area (Å²) in [5.74, 6) is 1.15. The second kappa shape index (κ2) is 5.19. The van der Waals surface area contributed by atoms with Crippen LogP contribution in [-0.2, 0) is 0 Å². The van der Waals surface area contributed by atoms with Gasteiger partial charge in [-0.1, -0.05) is 48.0 Å².